The third kappa shape index (κ3) is 9.25. The number of nitriles is 1. The summed E-state index contributed by atoms with van der Waals surface area (Å²) >= 11 is 2.19. The van der Waals surface area contributed by atoms with Crippen molar-refractivity contribution in [2.75, 3.05) is 25.1 Å². The molecule has 0 aliphatic rings. The fourth-order valence-electron chi connectivity index (χ4n) is 3.82. The first kappa shape index (κ1) is 29.9. The second kappa shape index (κ2) is 13.9. The summed E-state index contributed by atoms with van der Waals surface area (Å²) in [6.45, 7) is 9.00. The zero-order valence-corrected chi connectivity index (χ0v) is 25.1. The number of likely N-dealkylation sites (N-methyl/N-ethyl adjacent to an activating group) is 1. The van der Waals surface area contributed by atoms with Gasteiger partial charge in [0, 0.05) is 12.7 Å². The van der Waals surface area contributed by atoms with Crippen LogP contribution in [0.2, 0.25) is 0 Å². The summed E-state index contributed by atoms with van der Waals surface area (Å²) in [5.41, 5.74) is 5.37. The average molecular weight is 637 g/mol. The zero-order chi connectivity index (χ0) is 28.4. The molecule has 0 saturated heterocycles. The summed E-state index contributed by atoms with van der Waals surface area (Å²) in [6.07, 6.45) is 0.785. The normalized spacial score (nSPS) is 13.0. The Balaban J connectivity index is 1.53. The van der Waals surface area contributed by atoms with Crippen molar-refractivity contribution < 1.29 is 9.53 Å². The highest BCUT2D eigenvalue weighted by Gasteiger charge is 2.32. The van der Waals surface area contributed by atoms with E-state index < -0.39 is 3.42 Å². The predicted octanol–water partition coefficient (Wildman–Crippen LogP) is 8.92. The molecule has 8 nitrogen and oxygen atoms in total. The maximum atomic E-state index is 12.4. The molecule has 3 rings (SSSR count). The number of anilines is 1. The molecule has 0 bridgehead atoms. The number of ether oxygens (including phenoxy) is 1. The van der Waals surface area contributed by atoms with Crippen LogP contribution in [0.15, 0.2) is 87.2 Å². The third-order valence-electron chi connectivity index (χ3n) is 5.90. The predicted molar refractivity (Wildman–Crippen MR) is 163 cm³/mol. The van der Waals surface area contributed by atoms with Crippen LogP contribution in [0.5, 0.6) is 0 Å². The highest BCUT2D eigenvalue weighted by atomic mass is 127. The molecule has 3 aromatic rings. The average Bonchev–Trinajstić information content (AvgIpc) is 2.91. The fourth-order valence-corrected chi connectivity index (χ4v) is 4.86. The van der Waals surface area contributed by atoms with Gasteiger partial charge in [0.1, 0.15) is 10.0 Å². The maximum absolute atomic E-state index is 12.4. The number of esters is 1. The van der Waals surface area contributed by atoms with E-state index in [2.05, 4.69) is 63.0 Å². The minimum atomic E-state index is -0.508. The summed E-state index contributed by atoms with van der Waals surface area (Å²) in [6, 6.07) is 22.3. The maximum Gasteiger partial charge on any atom is 0.321 e. The number of hydrogen-bond donors (Lipinski definition) is 0. The summed E-state index contributed by atoms with van der Waals surface area (Å²) in [7, 11) is 1.96. The second-order valence-corrected chi connectivity index (χ2v) is 12.3. The number of rotatable bonds is 11. The third-order valence-corrected chi connectivity index (χ3v) is 6.78. The van der Waals surface area contributed by atoms with Crippen molar-refractivity contribution >= 4 is 57.0 Å². The van der Waals surface area contributed by atoms with Gasteiger partial charge in [-0.05, 0) is 98.5 Å². The van der Waals surface area contributed by atoms with Crippen molar-refractivity contribution in [2.24, 2.45) is 26.4 Å². The standard InChI is InChI=1S/C30H33IN6O2/c1-21(2)19-30(4,31)29(38)39-17-16-37(5)27-13-10-25(11-14-27)34-36-28-15-12-26(18-22(28)3)35-33-24-8-6-23(20-32)7-9-24/h6-15,18,21H,16-17,19H2,1-5H3. The number of alkyl halides is 1. The fraction of sp³-hybridized carbons (Fsp3) is 0.333. The molecule has 0 saturated carbocycles. The second-order valence-electron chi connectivity index (χ2n) is 9.90. The minimum Gasteiger partial charge on any atom is -0.463 e. The smallest absolute Gasteiger partial charge is 0.321 e. The lowest BCUT2D eigenvalue weighted by molar-refractivity contribution is -0.145. The molecule has 0 aliphatic heterocycles. The van der Waals surface area contributed by atoms with Gasteiger partial charge in [-0.1, -0.05) is 36.4 Å². The highest BCUT2D eigenvalue weighted by Crippen LogP contribution is 2.29. The van der Waals surface area contributed by atoms with Gasteiger partial charge in [0.15, 0.2) is 0 Å². The van der Waals surface area contributed by atoms with E-state index in [0.29, 0.717) is 36.0 Å². The number of hydrogen-bond acceptors (Lipinski definition) is 8. The van der Waals surface area contributed by atoms with Crippen molar-refractivity contribution in [2.45, 2.75) is 37.5 Å². The van der Waals surface area contributed by atoms with Crippen LogP contribution < -0.4 is 4.90 Å². The molecular weight excluding hydrogens is 603 g/mol. The Kier molecular flexibility index (Phi) is 10.7. The number of carbonyl (C=O) groups excluding carboxylic acids is 1. The molecule has 0 fully saturated rings. The van der Waals surface area contributed by atoms with Crippen LogP contribution in [-0.4, -0.2) is 29.6 Å². The van der Waals surface area contributed by atoms with Crippen LogP contribution in [0.25, 0.3) is 0 Å². The molecule has 1 unspecified atom stereocenters. The molecule has 1 atom stereocenters. The Bertz CT molecular complexity index is 1360. The van der Waals surface area contributed by atoms with E-state index in [-0.39, 0.29) is 5.97 Å². The molecule has 0 aromatic heterocycles. The summed E-state index contributed by atoms with van der Waals surface area (Å²) in [5, 5.41) is 26.1. The zero-order valence-electron chi connectivity index (χ0n) is 22.9. The van der Waals surface area contributed by atoms with E-state index in [0.717, 1.165) is 29.0 Å². The number of nitrogens with zero attached hydrogens (tertiary/aromatic N) is 6. The van der Waals surface area contributed by atoms with Crippen molar-refractivity contribution in [3.05, 3.63) is 77.9 Å². The van der Waals surface area contributed by atoms with Gasteiger partial charge in [-0.3, -0.25) is 4.79 Å². The van der Waals surface area contributed by atoms with Gasteiger partial charge in [-0.25, -0.2) is 0 Å². The monoisotopic (exact) mass is 636 g/mol. The Morgan fingerprint density at radius 2 is 1.54 bits per heavy atom. The Morgan fingerprint density at radius 3 is 2.13 bits per heavy atom. The van der Waals surface area contributed by atoms with Crippen LogP contribution in [0.1, 0.15) is 38.3 Å². The van der Waals surface area contributed by atoms with E-state index in [1.165, 1.54) is 0 Å². The summed E-state index contributed by atoms with van der Waals surface area (Å²) in [4.78, 5) is 14.5. The Morgan fingerprint density at radius 1 is 0.974 bits per heavy atom. The van der Waals surface area contributed by atoms with Crippen LogP contribution in [0.3, 0.4) is 0 Å². The lowest BCUT2D eigenvalue weighted by atomic mass is 9.99. The lowest BCUT2D eigenvalue weighted by Gasteiger charge is -2.24. The molecule has 39 heavy (non-hydrogen) atoms. The lowest BCUT2D eigenvalue weighted by Crippen LogP contribution is -2.34. The molecule has 0 amide bonds. The quantitative estimate of drug-likeness (QED) is 0.0908. The molecular formula is C30H33IN6O2. The first-order valence-electron chi connectivity index (χ1n) is 12.7. The Labute approximate surface area is 244 Å². The van der Waals surface area contributed by atoms with Crippen molar-refractivity contribution in [1.82, 2.24) is 0 Å². The minimum absolute atomic E-state index is 0.168. The van der Waals surface area contributed by atoms with Crippen LogP contribution in [0, 0.1) is 24.2 Å². The van der Waals surface area contributed by atoms with Gasteiger partial charge in [-0.15, -0.1) is 0 Å². The number of benzene rings is 3. The number of aryl methyl sites for hydroxylation is 1. The topological polar surface area (TPSA) is 103 Å². The van der Waals surface area contributed by atoms with E-state index in [1.807, 2.05) is 68.3 Å². The molecule has 9 heteroatoms. The van der Waals surface area contributed by atoms with Gasteiger partial charge < -0.3 is 9.64 Å². The van der Waals surface area contributed by atoms with E-state index in [9.17, 15) is 4.79 Å². The molecule has 0 heterocycles. The summed E-state index contributed by atoms with van der Waals surface area (Å²) < 4.78 is 5.02. The highest BCUT2D eigenvalue weighted by molar-refractivity contribution is 14.1. The van der Waals surface area contributed by atoms with Crippen molar-refractivity contribution in [1.29, 1.82) is 5.26 Å². The largest absolute Gasteiger partial charge is 0.463 e. The first-order valence-corrected chi connectivity index (χ1v) is 13.8. The van der Waals surface area contributed by atoms with Crippen molar-refractivity contribution in [3.8, 4) is 6.07 Å². The van der Waals surface area contributed by atoms with E-state index in [4.69, 9.17) is 10.00 Å². The SMILES string of the molecule is Cc1cc(N=Nc2ccc(C#N)cc2)ccc1N=Nc1ccc(N(C)CCOC(=O)C(C)(I)CC(C)C)cc1. The van der Waals surface area contributed by atoms with Gasteiger partial charge in [-0.2, -0.15) is 25.7 Å². The molecule has 0 radical (unpaired) electrons. The van der Waals surface area contributed by atoms with Crippen LogP contribution in [-0.2, 0) is 9.53 Å². The number of azo groups is 2. The van der Waals surface area contributed by atoms with Crippen molar-refractivity contribution in [3.63, 3.8) is 0 Å². The number of halogens is 1. The van der Waals surface area contributed by atoms with Crippen LogP contribution >= 0.6 is 22.6 Å². The van der Waals surface area contributed by atoms with E-state index >= 15 is 0 Å². The molecule has 0 spiro atoms. The molecule has 0 aliphatic carbocycles. The number of carbonyl (C=O) groups is 1. The Hall–Kier alpha value is -3.65. The van der Waals surface area contributed by atoms with Gasteiger partial charge in [0.25, 0.3) is 0 Å². The molecule has 3 aromatic carbocycles. The van der Waals surface area contributed by atoms with Gasteiger partial charge in [0.05, 0.1) is 40.9 Å². The first-order chi connectivity index (χ1) is 18.6. The van der Waals surface area contributed by atoms with E-state index in [1.54, 1.807) is 24.3 Å². The summed E-state index contributed by atoms with van der Waals surface area (Å²) in [5.74, 6) is 0.261. The van der Waals surface area contributed by atoms with Crippen LogP contribution in [0.4, 0.5) is 28.4 Å². The molecule has 0 N–H and O–H groups in total. The van der Waals surface area contributed by atoms with Gasteiger partial charge >= 0.3 is 5.97 Å². The van der Waals surface area contributed by atoms with Gasteiger partial charge in [0.2, 0.25) is 0 Å². The molecule has 202 valence electrons.